The van der Waals surface area contributed by atoms with Crippen molar-refractivity contribution in [2.45, 2.75) is 9.96 Å². The number of alkyl halides is 3. The van der Waals surface area contributed by atoms with Gasteiger partial charge in [0.15, 0.2) is 0 Å². The fraction of sp³-hybridized carbons (Fsp3) is 0.250. The Labute approximate surface area is 135 Å². The third kappa shape index (κ3) is 5.71. The topological polar surface area (TPSA) is 41.1 Å². The second-order valence-electron chi connectivity index (χ2n) is 3.65. The molecule has 104 valence electrons. The average Bonchev–Trinajstić information content (AvgIpc) is 2.33. The second-order valence-corrected chi connectivity index (χ2v) is 6.94. The van der Waals surface area contributed by atoms with E-state index in [1.54, 1.807) is 30.3 Å². The third-order valence-corrected chi connectivity index (χ3v) is 3.36. The normalized spacial score (nSPS) is 12.8. The lowest BCUT2D eigenvalue weighted by Gasteiger charge is -2.26. The lowest BCUT2D eigenvalue weighted by Crippen LogP contribution is -2.53. The Kier molecular flexibility index (Phi) is 6.63. The van der Waals surface area contributed by atoms with E-state index in [0.29, 0.717) is 12.1 Å². The smallest absolute Gasteiger partial charge is 0.252 e. The number of carbonyl (C=O) groups is 1. The molecule has 0 aromatic heterocycles. The fourth-order valence-corrected chi connectivity index (χ4v) is 1.92. The quantitative estimate of drug-likeness (QED) is 0.461. The predicted molar refractivity (Wildman–Crippen MR) is 83.9 cm³/mol. The maximum Gasteiger partial charge on any atom is 0.252 e. The van der Waals surface area contributed by atoms with E-state index in [1.165, 1.54) is 0 Å². The summed E-state index contributed by atoms with van der Waals surface area (Å²) in [7, 11) is 0. The molecule has 1 aromatic rings. The van der Waals surface area contributed by atoms with Crippen molar-refractivity contribution in [3.8, 4) is 0 Å². The molecule has 1 amide bonds. The number of hydrogen-bond donors (Lipinski definition) is 2. The summed E-state index contributed by atoms with van der Waals surface area (Å²) >= 11 is 20.7. The maximum atomic E-state index is 12.0. The van der Waals surface area contributed by atoms with Crippen LogP contribution < -0.4 is 10.6 Å². The summed E-state index contributed by atoms with van der Waals surface area (Å²) < 4.78 is -0.777. The van der Waals surface area contributed by atoms with Crippen molar-refractivity contribution >= 4 is 56.6 Å². The summed E-state index contributed by atoms with van der Waals surface area (Å²) in [5.41, 5.74) is 0.475. The molecular formula is C12H12BrCl3N2O. The molecule has 7 heteroatoms. The van der Waals surface area contributed by atoms with Crippen molar-refractivity contribution in [1.29, 1.82) is 0 Å². The molecule has 0 aliphatic heterocycles. The molecule has 0 bridgehead atoms. The highest BCUT2D eigenvalue weighted by Gasteiger charge is 2.33. The van der Waals surface area contributed by atoms with E-state index in [2.05, 4.69) is 33.1 Å². The second kappa shape index (κ2) is 7.50. The Morgan fingerprint density at radius 1 is 1.37 bits per heavy atom. The molecule has 0 heterocycles. The number of benzene rings is 1. The summed E-state index contributed by atoms with van der Waals surface area (Å²) in [6, 6.07) is 6.86. The van der Waals surface area contributed by atoms with Crippen molar-refractivity contribution in [3.63, 3.8) is 0 Å². The van der Waals surface area contributed by atoms with Gasteiger partial charge < -0.3 is 5.32 Å². The van der Waals surface area contributed by atoms with Crippen LogP contribution >= 0.6 is 50.7 Å². The number of rotatable bonds is 5. The van der Waals surface area contributed by atoms with Gasteiger partial charge in [-0.3, -0.25) is 10.1 Å². The average molecular weight is 387 g/mol. The Morgan fingerprint density at radius 3 is 2.42 bits per heavy atom. The van der Waals surface area contributed by atoms with Crippen molar-refractivity contribution in [1.82, 2.24) is 10.6 Å². The highest BCUT2D eigenvalue weighted by atomic mass is 79.9. The van der Waals surface area contributed by atoms with Gasteiger partial charge in [-0.2, -0.15) is 0 Å². The van der Waals surface area contributed by atoms with Gasteiger partial charge in [0.1, 0.15) is 6.17 Å². The predicted octanol–water partition coefficient (Wildman–Crippen LogP) is 3.65. The van der Waals surface area contributed by atoms with Gasteiger partial charge in [0.05, 0.1) is 0 Å². The lowest BCUT2D eigenvalue weighted by molar-refractivity contribution is 0.0930. The summed E-state index contributed by atoms with van der Waals surface area (Å²) in [6.45, 7) is 3.95. The highest BCUT2D eigenvalue weighted by molar-refractivity contribution is 9.10. The molecule has 0 radical (unpaired) electrons. The van der Waals surface area contributed by atoms with Gasteiger partial charge in [-0.1, -0.05) is 56.8 Å². The Bertz CT molecular complexity index is 445. The van der Waals surface area contributed by atoms with Crippen molar-refractivity contribution in [2.75, 3.05) is 6.54 Å². The van der Waals surface area contributed by atoms with Crippen molar-refractivity contribution in [2.24, 2.45) is 0 Å². The van der Waals surface area contributed by atoms with Crippen LogP contribution in [0.4, 0.5) is 0 Å². The first-order valence-corrected chi connectivity index (χ1v) is 7.24. The maximum absolute atomic E-state index is 12.0. The minimum atomic E-state index is -1.66. The van der Waals surface area contributed by atoms with Gasteiger partial charge >= 0.3 is 0 Å². The van der Waals surface area contributed by atoms with Crippen LogP contribution in [-0.4, -0.2) is 22.4 Å². The van der Waals surface area contributed by atoms with Crippen LogP contribution in [0.1, 0.15) is 10.4 Å². The molecule has 1 rings (SSSR count). The van der Waals surface area contributed by atoms with E-state index in [4.69, 9.17) is 34.8 Å². The monoisotopic (exact) mass is 384 g/mol. The van der Waals surface area contributed by atoms with E-state index >= 15 is 0 Å². The molecule has 0 unspecified atom stereocenters. The van der Waals surface area contributed by atoms with Gasteiger partial charge in [0.2, 0.25) is 3.79 Å². The molecular weight excluding hydrogens is 374 g/mol. The van der Waals surface area contributed by atoms with E-state index in [-0.39, 0.29) is 5.91 Å². The molecule has 0 saturated heterocycles. The van der Waals surface area contributed by atoms with Gasteiger partial charge in [0.25, 0.3) is 5.91 Å². The molecule has 1 atom stereocenters. The van der Waals surface area contributed by atoms with Gasteiger partial charge in [0, 0.05) is 16.6 Å². The molecule has 0 aliphatic rings. The van der Waals surface area contributed by atoms with E-state index in [0.717, 1.165) is 4.47 Å². The first kappa shape index (κ1) is 16.8. The van der Waals surface area contributed by atoms with E-state index in [1.807, 2.05) is 0 Å². The third-order valence-electron chi connectivity index (χ3n) is 2.18. The van der Waals surface area contributed by atoms with Crippen LogP contribution in [0, 0.1) is 0 Å². The van der Waals surface area contributed by atoms with Crippen molar-refractivity contribution in [3.05, 3.63) is 47.0 Å². The van der Waals surface area contributed by atoms with E-state index < -0.39 is 9.96 Å². The summed E-state index contributed by atoms with van der Waals surface area (Å²) in [4.78, 5) is 12.0. The summed E-state index contributed by atoms with van der Waals surface area (Å²) in [6.07, 6.45) is 0.793. The summed E-state index contributed by atoms with van der Waals surface area (Å²) in [5.74, 6) is -0.333. The van der Waals surface area contributed by atoms with Crippen LogP contribution in [-0.2, 0) is 0 Å². The lowest BCUT2D eigenvalue weighted by atomic mass is 10.2. The SMILES string of the molecule is C=CCN[C@H](NC(=O)c1ccc(Br)cc1)C(Cl)(Cl)Cl. The standard InChI is InChI=1S/C12H12BrCl3N2O/c1-2-7-17-11(12(14,15)16)18-10(19)8-3-5-9(13)6-4-8/h2-6,11,17H,1,7H2,(H,18,19)/t11-/m1/s1. The highest BCUT2D eigenvalue weighted by Crippen LogP contribution is 2.29. The molecule has 2 N–H and O–H groups in total. The first-order chi connectivity index (χ1) is 8.84. The van der Waals surface area contributed by atoms with Crippen LogP contribution in [0.25, 0.3) is 0 Å². The number of carbonyl (C=O) groups excluding carboxylic acids is 1. The minimum Gasteiger partial charge on any atom is -0.333 e. The number of nitrogens with one attached hydrogen (secondary N) is 2. The van der Waals surface area contributed by atoms with Crippen LogP contribution in [0.15, 0.2) is 41.4 Å². The number of amides is 1. The molecule has 3 nitrogen and oxygen atoms in total. The Hall–Kier alpha value is -0.260. The number of hydrogen-bond acceptors (Lipinski definition) is 2. The largest absolute Gasteiger partial charge is 0.333 e. The minimum absolute atomic E-state index is 0.333. The Balaban J connectivity index is 2.75. The Morgan fingerprint density at radius 2 is 1.95 bits per heavy atom. The molecule has 0 saturated carbocycles. The van der Waals surface area contributed by atoms with Crippen molar-refractivity contribution < 1.29 is 4.79 Å². The zero-order chi connectivity index (χ0) is 14.5. The van der Waals surface area contributed by atoms with Gasteiger partial charge in [-0.15, -0.1) is 6.58 Å². The van der Waals surface area contributed by atoms with Crippen LogP contribution in [0.3, 0.4) is 0 Å². The zero-order valence-electron chi connectivity index (χ0n) is 9.80. The molecule has 1 aromatic carbocycles. The molecule has 0 spiro atoms. The molecule has 0 fully saturated rings. The first-order valence-electron chi connectivity index (χ1n) is 5.32. The zero-order valence-corrected chi connectivity index (χ0v) is 13.7. The molecule has 19 heavy (non-hydrogen) atoms. The van der Waals surface area contributed by atoms with Gasteiger partial charge in [-0.25, -0.2) is 0 Å². The number of halogens is 4. The van der Waals surface area contributed by atoms with Gasteiger partial charge in [-0.05, 0) is 24.3 Å². The fourth-order valence-electron chi connectivity index (χ4n) is 1.27. The van der Waals surface area contributed by atoms with E-state index in [9.17, 15) is 4.79 Å². The summed E-state index contributed by atoms with van der Waals surface area (Å²) in [5, 5.41) is 5.48. The van der Waals surface area contributed by atoms with Crippen LogP contribution in [0.5, 0.6) is 0 Å². The van der Waals surface area contributed by atoms with Crippen LogP contribution in [0.2, 0.25) is 0 Å². The molecule has 0 aliphatic carbocycles.